The average molecular weight is 466 g/mol. The van der Waals surface area contributed by atoms with Crippen LogP contribution < -0.4 is 9.64 Å². The van der Waals surface area contributed by atoms with E-state index < -0.39 is 0 Å². The molecule has 3 aromatic rings. The molecule has 0 atom stereocenters. The number of likely N-dealkylation sites (N-methyl/N-ethyl adjacent to an activating group) is 1. The monoisotopic (exact) mass is 465 g/mol. The highest BCUT2D eigenvalue weighted by Crippen LogP contribution is 2.35. The lowest BCUT2D eigenvalue weighted by Gasteiger charge is -2.22. The van der Waals surface area contributed by atoms with E-state index in [1.54, 1.807) is 16.7 Å². The molecule has 1 heterocycles. The molecule has 8 heteroatoms. The molecule has 0 aliphatic heterocycles. The van der Waals surface area contributed by atoms with Gasteiger partial charge in [-0.1, -0.05) is 30.4 Å². The lowest BCUT2D eigenvalue weighted by atomic mass is 10.2. The Hall–Kier alpha value is -1.80. The van der Waals surface area contributed by atoms with Crippen molar-refractivity contribution in [3.63, 3.8) is 0 Å². The Balaban J connectivity index is 0.00000320. The maximum absolute atomic E-state index is 13.4. The molecule has 2 aromatic carbocycles. The number of fused-ring (bicyclic) bond motifs is 1. The van der Waals surface area contributed by atoms with Gasteiger partial charge in [-0.3, -0.25) is 9.69 Å². The highest BCUT2D eigenvalue weighted by Gasteiger charge is 2.22. The molecule has 162 valence electrons. The number of rotatable bonds is 9. The van der Waals surface area contributed by atoms with E-state index in [9.17, 15) is 4.79 Å². The van der Waals surface area contributed by atoms with Crippen LogP contribution in [0, 0.1) is 0 Å². The van der Waals surface area contributed by atoms with Crippen LogP contribution in [0.15, 0.2) is 47.4 Å². The van der Waals surface area contributed by atoms with Crippen LogP contribution in [0.3, 0.4) is 0 Å². The van der Waals surface area contributed by atoms with Gasteiger partial charge in [0.25, 0.3) is 5.91 Å². The van der Waals surface area contributed by atoms with Crippen molar-refractivity contribution in [3.05, 3.63) is 48.0 Å². The molecule has 1 aromatic heterocycles. The topological polar surface area (TPSA) is 45.7 Å². The first kappa shape index (κ1) is 24.5. The minimum atomic E-state index is -0.0255. The normalized spacial score (nSPS) is 10.8. The maximum atomic E-state index is 13.4. The fourth-order valence-corrected chi connectivity index (χ4v) is 4.65. The zero-order valence-corrected chi connectivity index (χ0v) is 20.2. The number of ether oxygens (including phenoxy) is 1. The van der Waals surface area contributed by atoms with E-state index in [1.165, 1.54) is 11.3 Å². The lowest BCUT2D eigenvalue weighted by molar-refractivity contribution is 0.0985. The van der Waals surface area contributed by atoms with Crippen molar-refractivity contribution in [3.8, 4) is 5.75 Å². The molecular weight excluding hydrogens is 438 g/mol. The van der Waals surface area contributed by atoms with E-state index in [0.29, 0.717) is 23.8 Å². The first-order valence-corrected chi connectivity index (χ1v) is 11.6. The molecule has 0 spiro atoms. The summed E-state index contributed by atoms with van der Waals surface area (Å²) in [5, 5.41) is 0.701. The van der Waals surface area contributed by atoms with E-state index in [-0.39, 0.29) is 18.3 Å². The van der Waals surface area contributed by atoms with Crippen molar-refractivity contribution in [2.24, 2.45) is 0 Å². The van der Waals surface area contributed by atoms with Crippen molar-refractivity contribution < 1.29 is 9.53 Å². The number of aromatic nitrogens is 1. The fourth-order valence-electron chi connectivity index (χ4n) is 2.92. The van der Waals surface area contributed by atoms with Crippen LogP contribution in [0.4, 0.5) is 5.13 Å². The van der Waals surface area contributed by atoms with Crippen LogP contribution in [-0.4, -0.2) is 55.3 Å². The molecule has 0 fully saturated rings. The van der Waals surface area contributed by atoms with Crippen LogP contribution in [0.2, 0.25) is 0 Å². The van der Waals surface area contributed by atoms with Crippen molar-refractivity contribution >= 4 is 56.8 Å². The molecule has 0 bridgehead atoms. The Morgan fingerprint density at radius 1 is 1.13 bits per heavy atom. The van der Waals surface area contributed by atoms with Gasteiger partial charge in [-0.05, 0) is 57.1 Å². The summed E-state index contributed by atoms with van der Waals surface area (Å²) in [5.74, 6) is 1.70. The fraction of sp³-hybridized carbons (Fsp3) is 0.364. The number of anilines is 1. The summed E-state index contributed by atoms with van der Waals surface area (Å²) in [6.07, 6.45) is 0. The van der Waals surface area contributed by atoms with Gasteiger partial charge in [0.05, 0.1) is 11.3 Å². The largest absolute Gasteiger partial charge is 0.492 e. The van der Waals surface area contributed by atoms with Gasteiger partial charge in [0.2, 0.25) is 0 Å². The quantitative estimate of drug-likeness (QED) is 0.394. The second-order valence-corrected chi connectivity index (χ2v) is 9.10. The number of hydrogen-bond donors (Lipinski definition) is 0. The number of para-hydroxylation sites is 1. The predicted molar refractivity (Wildman–Crippen MR) is 131 cm³/mol. The molecule has 0 aliphatic rings. The predicted octanol–water partition coefficient (Wildman–Crippen LogP) is 5.44. The van der Waals surface area contributed by atoms with Gasteiger partial charge >= 0.3 is 0 Å². The average Bonchev–Trinajstić information content (AvgIpc) is 3.13. The van der Waals surface area contributed by atoms with Gasteiger partial charge in [0.15, 0.2) is 5.13 Å². The van der Waals surface area contributed by atoms with Gasteiger partial charge in [0, 0.05) is 23.5 Å². The summed E-state index contributed by atoms with van der Waals surface area (Å²) in [6, 6.07) is 13.7. The number of carbonyl (C=O) groups excluding carboxylic acids is 1. The molecule has 30 heavy (non-hydrogen) atoms. The van der Waals surface area contributed by atoms with Crippen LogP contribution in [0.1, 0.15) is 24.2 Å². The number of thioether (sulfide) groups is 1. The number of thiazole rings is 1. The number of halogens is 1. The molecular formula is C22H28ClN3O2S2. The molecule has 0 saturated heterocycles. The van der Waals surface area contributed by atoms with Crippen molar-refractivity contribution in [1.82, 2.24) is 9.88 Å². The first-order valence-electron chi connectivity index (χ1n) is 9.75. The molecule has 1 amide bonds. The summed E-state index contributed by atoms with van der Waals surface area (Å²) in [4.78, 5) is 23.2. The number of amides is 1. The molecule has 0 aliphatic carbocycles. The minimum absolute atomic E-state index is 0. The SMILES string of the molecule is CCOc1cccc2sc(N(CCN(C)C)C(=O)c3cccc(SCC)c3)nc12.Cl. The van der Waals surface area contributed by atoms with E-state index in [4.69, 9.17) is 9.72 Å². The van der Waals surface area contributed by atoms with E-state index in [1.807, 2.05) is 63.5 Å². The Kier molecular flexibility index (Phi) is 9.42. The van der Waals surface area contributed by atoms with Crippen molar-refractivity contribution in [1.29, 1.82) is 0 Å². The third kappa shape index (κ3) is 5.88. The highest BCUT2D eigenvalue weighted by atomic mass is 35.5. The summed E-state index contributed by atoms with van der Waals surface area (Å²) in [5.41, 5.74) is 1.50. The van der Waals surface area contributed by atoms with Crippen LogP contribution in [0.5, 0.6) is 5.75 Å². The zero-order chi connectivity index (χ0) is 20.8. The second kappa shape index (κ2) is 11.6. The molecule has 0 unspecified atom stereocenters. The van der Waals surface area contributed by atoms with Crippen LogP contribution >= 0.6 is 35.5 Å². The number of nitrogens with zero attached hydrogens (tertiary/aromatic N) is 3. The van der Waals surface area contributed by atoms with Crippen LogP contribution in [-0.2, 0) is 0 Å². The minimum Gasteiger partial charge on any atom is -0.492 e. The molecule has 0 radical (unpaired) electrons. The molecule has 5 nitrogen and oxygen atoms in total. The molecule has 0 N–H and O–H groups in total. The molecule has 0 saturated carbocycles. The van der Waals surface area contributed by atoms with E-state index >= 15 is 0 Å². The Morgan fingerprint density at radius 2 is 1.90 bits per heavy atom. The summed E-state index contributed by atoms with van der Waals surface area (Å²) < 4.78 is 6.75. The maximum Gasteiger partial charge on any atom is 0.260 e. The third-order valence-electron chi connectivity index (χ3n) is 4.31. The van der Waals surface area contributed by atoms with Gasteiger partial charge < -0.3 is 9.64 Å². The van der Waals surface area contributed by atoms with Crippen LogP contribution in [0.25, 0.3) is 10.2 Å². The first-order chi connectivity index (χ1) is 14.0. The number of carbonyl (C=O) groups is 1. The summed E-state index contributed by atoms with van der Waals surface area (Å²) in [6.45, 7) is 5.97. The van der Waals surface area contributed by atoms with E-state index in [2.05, 4.69) is 11.8 Å². The summed E-state index contributed by atoms with van der Waals surface area (Å²) >= 11 is 3.26. The van der Waals surface area contributed by atoms with E-state index in [0.717, 1.165) is 33.2 Å². The number of hydrogen-bond acceptors (Lipinski definition) is 6. The smallest absolute Gasteiger partial charge is 0.260 e. The third-order valence-corrected chi connectivity index (χ3v) is 6.23. The van der Waals surface area contributed by atoms with Gasteiger partial charge in [0.1, 0.15) is 11.3 Å². The van der Waals surface area contributed by atoms with Gasteiger partial charge in [-0.25, -0.2) is 4.98 Å². The second-order valence-electron chi connectivity index (χ2n) is 6.75. The van der Waals surface area contributed by atoms with Gasteiger partial charge in [-0.2, -0.15) is 0 Å². The zero-order valence-electron chi connectivity index (χ0n) is 17.8. The lowest BCUT2D eigenvalue weighted by Crippen LogP contribution is -2.36. The van der Waals surface area contributed by atoms with Crippen molar-refractivity contribution in [2.45, 2.75) is 18.7 Å². The Labute approximate surface area is 192 Å². The van der Waals surface area contributed by atoms with Crippen molar-refractivity contribution in [2.75, 3.05) is 44.4 Å². The highest BCUT2D eigenvalue weighted by molar-refractivity contribution is 7.99. The Bertz CT molecular complexity index is 978. The number of benzene rings is 2. The summed E-state index contributed by atoms with van der Waals surface area (Å²) in [7, 11) is 4.01. The Morgan fingerprint density at radius 3 is 2.60 bits per heavy atom. The molecule has 3 rings (SSSR count). The van der Waals surface area contributed by atoms with Gasteiger partial charge in [-0.15, -0.1) is 24.2 Å². The standard InChI is InChI=1S/C22H27N3O2S2.ClH/c1-5-27-18-11-8-12-19-20(18)23-22(29-19)25(14-13-24(3)4)21(26)16-9-7-10-17(15-16)28-6-2;/h7-12,15H,5-6,13-14H2,1-4H3;1H.